The zero-order chi connectivity index (χ0) is 13.1. The molecule has 0 radical (unpaired) electrons. The molecule has 0 aliphatic carbocycles. The van der Waals surface area contributed by atoms with Crippen molar-refractivity contribution in [2.45, 2.75) is 35.9 Å². The van der Waals surface area contributed by atoms with Gasteiger partial charge in [-0.1, -0.05) is 19.1 Å². The van der Waals surface area contributed by atoms with E-state index in [1.807, 2.05) is 0 Å². The molecule has 0 saturated carbocycles. The number of hydrogen-bond acceptors (Lipinski definition) is 3. The second kappa shape index (κ2) is 7.23. The molecule has 0 aromatic heterocycles. The number of rotatable bonds is 4. The van der Waals surface area contributed by atoms with E-state index in [2.05, 4.69) is 0 Å². The summed E-state index contributed by atoms with van der Waals surface area (Å²) in [6.45, 7) is 1.79. The first-order chi connectivity index (χ1) is 7.83. The van der Waals surface area contributed by atoms with Gasteiger partial charge in [0, 0.05) is 4.90 Å². The Balaban J connectivity index is 0.00000289. The average Bonchev–Trinajstić information content (AvgIpc) is 2.26. The maximum atomic E-state index is 12.1. The van der Waals surface area contributed by atoms with E-state index in [-0.39, 0.29) is 29.1 Å². The van der Waals surface area contributed by atoms with E-state index < -0.39 is 17.7 Å². The molecule has 2 atom stereocenters. The monoisotopic (exact) mass is 301 g/mol. The summed E-state index contributed by atoms with van der Waals surface area (Å²) >= 11 is -0.168. The van der Waals surface area contributed by atoms with Crippen LogP contribution >= 0.6 is 24.2 Å². The van der Waals surface area contributed by atoms with E-state index in [9.17, 15) is 18.3 Å². The fraction of sp³-hybridized carbons (Fsp3) is 0.455. The Morgan fingerprint density at radius 3 is 2.17 bits per heavy atom. The quantitative estimate of drug-likeness (QED) is 0.837. The third-order valence-electron chi connectivity index (χ3n) is 2.33. The number of nitrogens with two attached hydrogens (primary N) is 1. The van der Waals surface area contributed by atoms with Gasteiger partial charge < -0.3 is 10.8 Å². The Kier molecular flexibility index (Phi) is 7.06. The summed E-state index contributed by atoms with van der Waals surface area (Å²) in [4.78, 5) is 0.111. The third kappa shape index (κ3) is 5.48. The number of benzene rings is 1. The van der Waals surface area contributed by atoms with Crippen LogP contribution < -0.4 is 5.73 Å². The van der Waals surface area contributed by atoms with Gasteiger partial charge in [-0.25, -0.2) is 0 Å². The van der Waals surface area contributed by atoms with E-state index in [4.69, 9.17) is 5.73 Å². The van der Waals surface area contributed by atoms with Crippen molar-refractivity contribution in [3.8, 4) is 0 Å². The Morgan fingerprint density at radius 2 is 1.78 bits per heavy atom. The lowest BCUT2D eigenvalue weighted by Gasteiger charge is -2.17. The summed E-state index contributed by atoms with van der Waals surface area (Å²) in [6, 6.07) is 5.17. The van der Waals surface area contributed by atoms with Gasteiger partial charge in [0.2, 0.25) is 0 Å². The topological polar surface area (TPSA) is 46.2 Å². The number of aliphatic hydroxyl groups excluding tert-OH is 1. The van der Waals surface area contributed by atoms with Crippen LogP contribution in [0.25, 0.3) is 0 Å². The minimum atomic E-state index is -4.29. The van der Waals surface area contributed by atoms with Gasteiger partial charge in [0.05, 0.1) is 12.1 Å². The van der Waals surface area contributed by atoms with Crippen LogP contribution in [0.15, 0.2) is 29.2 Å². The smallest absolute Gasteiger partial charge is 0.391 e. The van der Waals surface area contributed by atoms with Gasteiger partial charge in [-0.3, -0.25) is 0 Å². The molecule has 104 valence electrons. The van der Waals surface area contributed by atoms with Gasteiger partial charge >= 0.3 is 5.51 Å². The van der Waals surface area contributed by atoms with Crippen LogP contribution in [-0.4, -0.2) is 16.7 Å². The molecule has 2 nitrogen and oxygen atoms in total. The lowest BCUT2D eigenvalue weighted by molar-refractivity contribution is -0.0328. The van der Waals surface area contributed by atoms with Crippen LogP contribution in [0.2, 0.25) is 0 Å². The summed E-state index contributed by atoms with van der Waals surface area (Å²) in [5, 5.41) is 9.53. The first-order valence-corrected chi connectivity index (χ1v) is 5.94. The van der Waals surface area contributed by atoms with Gasteiger partial charge in [0.25, 0.3) is 0 Å². The fourth-order valence-corrected chi connectivity index (χ4v) is 1.91. The van der Waals surface area contributed by atoms with E-state index >= 15 is 0 Å². The van der Waals surface area contributed by atoms with Crippen LogP contribution in [0.4, 0.5) is 13.2 Å². The highest BCUT2D eigenvalue weighted by Crippen LogP contribution is 2.37. The van der Waals surface area contributed by atoms with E-state index in [0.29, 0.717) is 12.0 Å². The highest BCUT2D eigenvalue weighted by molar-refractivity contribution is 8.00. The predicted molar refractivity (Wildman–Crippen MR) is 68.8 cm³/mol. The SMILES string of the molecule is CC[C@H](O)[C@H](N)c1ccc(SC(F)(F)F)cc1.Cl. The number of aliphatic hydroxyl groups is 1. The maximum absolute atomic E-state index is 12.1. The first kappa shape index (κ1) is 17.6. The summed E-state index contributed by atoms with van der Waals surface area (Å²) in [5.74, 6) is 0. The molecule has 0 unspecified atom stereocenters. The normalized spacial score (nSPS) is 14.8. The van der Waals surface area contributed by atoms with Crippen molar-refractivity contribution < 1.29 is 18.3 Å². The molecule has 0 aliphatic heterocycles. The van der Waals surface area contributed by atoms with Crippen molar-refractivity contribution in [1.82, 2.24) is 0 Å². The summed E-state index contributed by atoms with van der Waals surface area (Å²) in [7, 11) is 0. The van der Waals surface area contributed by atoms with E-state index in [1.54, 1.807) is 6.92 Å². The number of halogens is 4. The lowest BCUT2D eigenvalue weighted by atomic mass is 10.0. The van der Waals surface area contributed by atoms with Gasteiger partial charge in [-0.05, 0) is 35.9 Å². The summed E-state index contributed by atoms with van der Waals surface area (Å²) in [5.41, 5.74) is 2.09. The first-order valence-electron chi connectivity index (χ1n) is 5.13. The van der Waals surface area contributed by atoms with E-state index in [0.717, 1.165) is 0 Å². The molecule has 1 aromatic carbocycles. The molecule has 0 heterocycles. The van der Waals surface area contributed by atoms with Crippen molar-refractivity contribution in [3.63, 3.8) is 0 Å². The van der Waals surface area contributed by atoms with Gasteiger partial charge in [0.1, 0.15) is 0 Å². The number of alkyl halides is 3. The standard InChI is InChI=1S/C11H14F3NOS.ClH/c1-2-9(16)10(15)7-3-5-8(6-4-7)17-11(12,13)14;/h3-6,9-10,16H,2,15H2,1H3;1H/t9-,10+;/m0./s1. The molecule has 0 amide bonds. The van der Waals surface area contributed by atoms with E-state index in [1.165, 1.54) is 24.3 Å². The second-order valence-electron chi connectivity index (χ2n) is 3.62. The molecule has 7 heteroatoms. The van der Waals surface area contributed by atoms with Crippen molar-refractivity contribution in [2.75, 3.05) is 0 Å². The predicted octanol–water partition coefficient (Wildman–Crippen LogP) is 3.49. The highest BCUT2D eigenvalue weighted by Gasteiger charge is 2.29. The Hall–Kier alpha value is -0.430. The van der Waals surface area contributed by atoms with Gasteiger partial charge in [-0.15, -0.1) is 12.4 Å². The Bertz CT molecular complexity index is 358. The molecule has 0 aliphatic rings. The maximum Gasteiger partial charge on any atom is 0.446 e. The molecular weight excluding hydrogens is 287 g/mol. The van der Waals surface area contributed by atoms with Crippen molar-refractivity contribution >= 4 is 24.2 Å². The molecular formula is C11H15ClF3NOS. The second-order valence-corrected chi connectivity index (χ2v) is 4.76. The van der Waals surface area contributed by atoms with Crippen LogP contribution in [0.1, 0.15) is 24.9 Å². The molecule has 0 bridgehead atoms. The largest absolute Gasteiger partial charge is 0.446 e. The van der Waals surface area contributed by atoms with Crippen LogP contribution in [0.5, 0.6) is 0 Å². The lowest BCUT2D eigenvalue weighted by Crippen LogP contribution is -2.25. The highest BCUT2D eigenvalue weighted by atomic mass is 35.5. The summed E-state index contributed by atoms with van der Waals surface area (Å²) in [6.07, 6.45) is -0.184. The Labute approximate surface area is 114 Å². The zero-order valence-electron chi connectivity index (χ0n) is 9.65. The minimum Gasteiger partial charge on any atom is -0.391 e. The molecule has 0 fully saturated rings. The molecule has 3 N–H and O–H groups in total. The molecule has 18 heavy (non-hydrogen) atoms. The molecule has 1 rings (SSSR count). The van der Waals surface area contributed by atoms with Crippen molar-refractivity contribution in [1.29, 1.82) is 0 Å². The van der Waals surface area contributed by atoms with Crippen LogP contribution in [0, 0.1) is 0 Å². The average molecular weight is 302 g/mol. The number of hydrogen-bond donors (Lipinski definition) is 2. The summed E-state index contributed by atoms with van der Waals surface area (Å²) < 4.78 is 36.2. The van der Waals surface area contributed by atoms with Crippen molar-refractivity contribution in [3.05, 3.63) is 29.8 Å². The zero-order valence-corrected chi connectivity index (χ0v) is 11.3. The molecule has 0 saturated heterocycles. The number of thioether (sulfide) groups is 1. The van der Waals surface area contributed by atoms with Crippen LogP contribution in [0.3, 0.4) is 0 Å². The third-order valence-corrected chi connectivity index (χ3v) is 3.07. The van der Waals surface area contributed by atoms with Crippen LogP contribution in [-0.2, 0) is 0 Å². The van der Waals surface area contributed by atoms with Crippen molar-refractivity contribution in [2.24, 2.45) is 5.73 Å². The minimum absolute atomic E-state index is 0. The van der Waals surface area contributed by atoms with Gasteiger partial charge in [-0.2, -0.15) is 13.2 Å². The molecule has 1 aromatic rings. The molecule has 0 spiro atoms. The Morgan fingerprint density at radius 1 is 1.28 bits per heavy atom. The van der Waals surface area contributed by atoms with Gasteiger partial charge in [0.15, 0.2) is 0 Å². The fourth-order valence-electron chi connectivity index (χ4n) is 1.37.